The zero-order valence-corrected chi connectivity index (χ0v) is 11.8. The second-order valence-electron chi connectivity index (χ2n) is 4.44. The van der Waals surface area contributed by atoms with E-state index in [-0.39, 0.29) is 0 Å². The molecule has 1 N–H and O–H groups in total. The number of aromatic nitrogens is 1. The second-order valence-corrected chi connectivity index (χ2v) is 5.53. The van der Waals surface area contributed by atoms with Gasteiger partial charge in [-0.25, -0.2) is 4.98 Å². The fourth-order valence-electron chi connectivity index (χ4n) is 1.65. The van der Waals surface area contributed by atoms with Crippen molar-refractivity contribution in [3.8, 4) is 0 Å². The molecule has 0 amide bonds. The molecule has 0 saturated carbocycles. The van der Waals surface area contributed by atoms with E-state index in [1.54, 1.807) is 11.8 Å². The highest BCUT2D eigenvalue weighted by Crippen LogP contribution is 2.28. The summed E-state index contributed by atoms with van der Waals surface area (Å²) in [5.41, 5.74) is 1.37. The third kappa shape index (κ3) is 3.26. The van der Waals surface area contributed by atoms with Crippen LogP contribution in [0, 0.1) is 0 Å². The van der Waals surface area contributed by atoms with Crippen molar-refractivity contribution in [3.05, 3.63) is 48.0 Å². The molecule has 1 aromatic heterocycles. The zero-order valence-electron chi connectivity index (χ0n) is 11.0. The summed E-state index contributed by atoms with van der Waals surface area (Å²) in [4.78, 5) is 5.72. The van der Waals surface area contributed by atoms with Crippen LogP contribution in [0.15, 0.2) is 52.4 Å². The number of benzene rings is 1. The van der Waals surface area contributed by atoms with Crippen molar-refractivity contribution in [1.29, 1.82) is 0 Å². The Hall–Kier alpha value is -1.48. The number of pyridine rings is 1. The standard InChI is InChI=1S/C15H18N2S/c1-11(2)12-7-9-13(10-8-12)18-15-6-4-5-14(16-3)17-15/h4-11H,1-3H3,(H,16,17). The van der Waals surface area contributed by atoms with Crippen LogP contribution in [0.25, 0.3) is 0 Å². The minimum atomic E-state index is 0.579. The van der Waals surface area contributed by atoms with Crippen LogP contribution in [0.2, 0.25) is 0 Å². The molecule has 94 valence electrons. The highest BCUT2D eigenvalue weighted by atomic mass is 32.2. The van der Waals surface area contributed by atoms with Crippen LogP contribution >= 0.6 is 11.8 Å². The molecule has 0 aliphatic heterocycles. The van der Waals surface area contributed by atoms with Crippen molar-refractivity contribution >= 4 is 17.6 Å². The average molecular weight is 258 g/mol. The number of hydrogen-bond acceptors (Lipinski definition) is 3. The fraction of sp³-hybridized carbons (Fsp3) is 0.267. The lowest BCUT2D eigenvalue weighted by atomic mass is 10.0. The van der Waals surface area contributed by atoms with Gasteiger partial charge in [0, 0.05) is 11.9 Å². The van der Waals surface area contributed by atoms with Crippen molar-refractivity contribution in [3.63, 3.8) is 0 Å². The molecule has 2 rings (SSSR count). The highest BCUT2D eigenvalue weighted by Gasteiger charge is 2.02. The molecule has 0 atom stereocenters. The first-order chi connectivity index (χ1) is 8.69. The Balaban J connectivity index is 2.13. The van der Waals surface area contributed by atoms with E-state index in [0.29, 0.717) is 5.92 Å². The summed E-state index contributed by atoms with van der Waals surface area (Å²) in [6.45, 7) is 4.42. The molecule has 0 bridgehead atoms. The lowest BCUT2D eigenvalue weighted by Crippen LogP contribution is -1.92. The van der Waals surface area contributed by atoms with Crippen LogP contribution in [-0.4, -0.2) is 12.0 Å². The molecule has 0 spiro atoms. The van der Waals surface area contributed by atoms with Gasteiger partial charge in [0.2, 0.25) is 0 Å². The summed E-state index contributed by atoms with van der Waals surface area (Å²) in [7, 11) is 1.88. The second kappa shape index (κ2) is 5.91. The maximum Gasteiger partial charge on any atom is 0.127 e. The number of nitrogens with zero attached hydrogens (tertiary/aromatic N) is 1. The predicted octanol–water partition coefficient (Wildman–Crippen LogP) is 4.40. The Kier molecular flexibility index (Phi) is 4.26. The quantitative estimate of drug-likeness (QED) is 0.880. The Morgan fingerprint density at radius 2 is 1.78 bits per heavy atom. The molecule has 2 aromatic rings. The number of nitrogens with one attached hydrogen (secondary N) is 1. The van der Waals surface area contributed by atoms with Gasteiger partial charge in [-0.3, -0.25) is 0 Å². The minimum absolute atomic E-state index is 0.579. The predicted molar refractivity (Wildman–Crippen MR) is 78.4 cm³/mol. The van der Waals surface area contributed by atoms with Gasteiger partial charge in [0.15, 0.2) is 0 Å². The van der Waals surface area contributed by atoms with E-state index in [9.17, 15) is 0 Å². The SMILES string of the molecule is CNc1cccc(Sc2ccc(C(C)C)cc2)n1. The summed E-state index contributed by atoms with van der Waals surface area (Å²) in [5, 5.41) is 4.07. The molecule has 0 aliphatic carbocycles. The first-order valence-corrected chi connectivity index (χ1v) is 6.93. The molecule has 0 unspecified atom stereocenters. The maximum atomic E-state index is 4.50. The Bertz CT molecular complexity index is 506. The van der Waals surface area contributed by atoms with Crippen molar-refractivity contribution in [2.75, 3.05) is 12.4 Å². The van der Waals surface area contributed by atoms with Crippen LogP contribution in [0.1, 0.15) is 25.3 Å². The smallest absolute Gasteiger partial charge is 0.127 e. The van der Waals surface area contributed by atoms with Gasteiger partial charge in [0.05, 0.1) is 0 Å². The molecule has 0 aliphatic rings. The van der Waals surface area contributed by atoms with E-state index in [1.807, 2.05) is 25.2 Å². The summed E-state index contributed by atoms with van der Waals surface area (Å²) in [6, 6.07) is 14.7. The topological polar surface area (TPSA) is 24.9 Å². The number of hydrogen-bond donors (Lipinski definition) is 1. The van der Waals surface area contributed by atoms with Gasteiger partial charge in [-0.2, -0.15) is 0 Å². The van der Waals surface area contributed by atoms with Gasteiger partial charge in [-0.1, -0.05) is 43.8 Å². The first kappa shape index (κ1) is 13.0. The fourth-order valence-corrected chi connectivity index (χ4v) is 2.46. The van der Waals surface area contributed by atoms with E-state index in [1.165, 1.54) is 10.5 Å². The lowest BCUT2D eigenvalue weighted by Gasteiger charge is -2.07. The molecule has 1 heterocycles. The third-order valence-corrected chi connectivity index (χ3v) is 3.69. The Morgan fingerprint density at radius 1 is 1.06 bits per heavy atom. The monoisotopic (exact) mass is 258 g/mol. The van der Waals surface area contributed by atoms with Crippen LogP contribution in [0.4, 0.5) is 5.82 Å². The molecular formula is C15H18N2S. The van der Waals surface area contributed by atoms with Gasteiger partial charge >= 0.3 is 0 Å². The van der Waals surface area contributed by atoms with Crippen molar-refractivity contribution in [2.45, 2.75) is 29.7 Å². The molecule has 3 heteroatoms. The lowest BCUT2D eigenvalue weighted by molar-refractivity contribution is 0.865. The summed E-state index contributed by atoms with van der Waals surface area (Å²) >= 11 is 1.69. The maximum absolute atomic E-state index is 4.50. The van der Waals surface area contributed by atoms with Crippen molar-refractivity contribution < 1.29 is 0 Å². The van der Waals surface area contributed by atoms with E-state index in [4.69, 9.17) is 0 Å². The van der Waals surface area contributed by atoms with Crippen molar-refractivity contribution in [1.82, 2.24) is 4.98 Å². The Morgan fingerprint density at radius 3 is 2.39 bits per heavy atom. The number of anilines is 1. The average Bonchev–Trinajstić information content (AvgIpc) is 2.39. The largest absolute Gasteiger partial charge is 0.373 e. The molecule has 2 nitrogen and oxygen atoms in total. The molecule has 0 saturated heterocycles. The van der Waals surface area contributed by atoms with Gasteiger partial charge in [0.1, 0.15) is 10.8 Å². The molecule has 0 fully saturated rings. The summed E-state index contributed by atoms with van der Waals surface area (Å²) in [5.74, 6) is 1.48. The molecule has 1 aromatic carbocycles. The zero-order chi connectivity index (χ0) is 13.0. The summed E-state index contributed by atoms with van der Waals surface area (Å²) < 4.78 is 0. The van der Waals surface area contributed by atoms with Gasteiger partial charge in [-0.05, 0) is 35.7 Å². The van der Waals surface area contributed by atoms with Crippen LogP contribution in [0.5, 0.6) is 0 Å². The van der Waals surface area contributed by atoms with E-state index in [2.05, 4.69) is 48.4 Å². The summed E-state index contributed by atoms with van der Waals surface area (Å²) in [6.07, 6.45) is 0. The van der Waals surface area contributed by atoms with Crippen LogP contribution in [0.3, 0.4) is 0 Å². The molecular weight excluding hydrogens is 240 g/mol. The van der Waals surface area contributed by atoms with E-state index in [0.717, 1.165) is 10.8 Å². The highest BCUT2D eigenvalue weighted by molar-refractivity contribution is 7.99. The number of rotatable bonds is 4. The van der Waals surface area contributed by atoms with Gasteiger partial charge < -0.3 is 5.32 Å². The van der Waals surface area contributed by atoms with Gasteiger partial charge in [0.25, 0.3) is 0 Å². The van der Waals surface area contributed by atoms with Gasteiger partial charge in [-0.15, -0.1) is 0 Å². The van der Waals surface area contributed by atoms with Crippen LogP contribution in [-0.2, 0) is 0 Å². The third-order valence-electron chi connectivity index (χ3n) is 2.75. The normalized spacial score (nSPS) is 10.7. The van der Waals surface area contributed by atoms with Crippen LogP contribution < -0.4 is 5.32 Å². The van der Waals surface area contributed by atoms with Crippen molar-refractivity contribution in [2.24, 2.45) is 0 Å². The van der Waals surface area contributed by atoms with E-state index >= 15 is 0 Å². The minimum Gasteiger partial charge on any atom is -0.373 e. The molecule has 0 radical (unpaired) electrons. The first-order valence-electron chi connectivity index (χ1n) is 6.11. The molecule has 18 heavy (non-hydrogen) atoms. The Labute approximate surface area is 113 Å². The van der Waals surface area contributed by atoms with E-state index < -0.39 is 0 Å².